The van der Waals surface area contributed by atoms with Crippen LogP contribution in [0.25, 0.3) is 0 Å². The molecule has 1 radical (unpaired) electrons. The van der Waals surface area contributed by atoms with Crippen LogP contribution in [0, 0.1) is 0 Å². The molecule has 0 aliphatic heterocycles. The minimum atomic E-state index is -0.761. The van der Waals surface area contributed by atoms with E-state index < -0.39 is 8.07 Å². The molecule has 0 bridgehead atoms. The number of nitrogens with one attached hydrogen (secondary N) is 1. The molecule has 73 valence electrons. The fraction of sp³-hybridized carbons (Fsp3) is 1.00. The summed E-state index contributed by atoms with van der Waals surface area (Å²) in [4.78, 5) is 3.46. The van der Waals surface area contributed by atoms with Crippen molar-refractivity contribution < 1.29 is 0 Å². The molecule has 0 aliphatic rings. The second kappa shape index (κ2) is 5.94. The minimum Gasteiger partial charge on any atom is -0.341 e. The summed E-state index contributed by atoms with van der Waals surface area (Å²) in [6.07, 6.45) is 1.46. The van der Waals surface area contributed by atoms with Crippen molar-refractivity contribution in [2.75, 3.05) is 7.05 Å². The first-order valence-electron chi connectivity index (χ1n) is 5.02. The van der Waals surface area contributed by atoms with E-state index in [9.17, 15) is 0 Å². The third-order valence-corrected chi connectivity index (χ3v) is 6.56. The third kappa shape index (κ3) is 7.07. The van der Waals surface area contributed by atoms with Gasteiger partial charge in [0.25, 0.3) is 0 Å². The zero-order chi connectivity index (χ0) is 9.61. The van der Waals surface area contributed by atoms with Gasteiger partial charge in [0.15, 0.2) is 0 Å². The molecule has 0 aromatic heterocycles. The van der Waals surface area contributed by atoms with Crippen molar-refractivity contribution in [2.24, 2.45) is 0 Å². The minimum absolute atomic E-state index is 0.173. The Morgan fingerprint density at radius 2 is 1.83 bits per heavy atom. The first-order chi connectivity index (χ1) is 5.49. The largest absolute Gasteiger partial charge is 0.341 e. The summed E-state index contributed by atoms with van der Waals surface area (Å²) >= 11 is 0. The maximum Gasteiger partial charge on any atom is 0.133 e. The molecule has 3 heteroatoms. The number of hydrogen-bond acceptors (Lipinski definition) is 1. The second-order valence-corrected chi connectivity index (χ2v) is 13.2. The number of rotatable bonds is 6. The molecule has 0 saturated heterocycles. The molecule has 0 aromatic rings. The van der Waals surface area contributed by atoms with Crippen LogP contribution < -0.4 is 4.98 Å². The fourth-order valence-electron chi connectivity index (χ4n) is 1.31. The Labute approximate surface area is 80.6 Å². The van der Waals surface area contributed by atoms with Crippen molar-refractivity contribution in [1.29, 1.82) is 0 Å². The highest BCUT2D eigenvalue weighted by Crippen LogP contribution is 2.14. The quantitative estimate of drug-likeness (QED) is 0.653. The molecule has 0 aromatic carbocycles. The Morgan fingerprint density at radius 3 is 2.17 bits per heavy atom. The van der Waals surface area contributed by atoms with E-state index in [-0.39, 0.29) is 8.96 Å². The van der Waals surface area contributed by atoms with E-state index in [1.54, 1.807) is 0 Å². The van der Waals surface area contributed by atoms with Gasteiger partial charge in [0.1, 0.15) is 8.96 Å². The van der Waals surface area contributed by atoms with Gasteiger partial charge < -0.3 is 4.98 Å². The summed E-state index contributed by atoms with van der Waals surface area (Å²) in [5.41, 5.74) is 0. The van der Waals surface area contributed by atoms with Gasteiger partial charge in [-0.3, -0.25) is 0 Å². The maximum absolute atomic E-state index is 3.46. The smallest absolute Gasteiger partial charge is 0.133 e. The summed E-state index contributed by atoms with van der Waals surface area (Å²) in [6, 6.07) is 4.33. The molecular formula is C9H24NSi2. The predicted octanol–water partition coefficient (Wildman–Crippen LogP) is 2.95. The van der Waals surface area contributed by atoms with Gasteiger partial charge in [0.05, 0.1) is 0 Å². The predicted molar refractivity (Wildman–Crippen MR) is 62.9 cm³/mol. The summed E-state index contributed by atoms with van der Waals surface area (Å²) < 4.78 is 0. The summed E-state index contributed by atoms with van der Waals surface area (Å²) in [5.74, 6) is 0. The second-order valence-electron chi connectivity index (χ2n) is 4.62. The van der Waals surface area contributed by atoms with Gasteiger partial charge in [-0.05, 0) is 19.1 Å². The van der Waals surface area contributed by atoms with Gasteiger partial charge in [0, 0.05) is 8.07 Å². The lowest BCUT2D eigenvalue weighted by Crippen LogP contribution is -2.29. The van der Waals surface area contributed by atoms with E-state index in [0.29, 0.717) is 0 Å². The normalized spacial score (nSPS) is 12.5. The summed E-state index contributed by atoms with van der Waals surface area (Å²) in [7, 11) is 1.18. The van der Waals surface area contributed by atoms with Crippen molar-refractivity contribution in [3.63, 3.8) is 0 Å². The molecule has 0 saturated carbocycles. The van der Waals surface area contributed by atoms with Crippen molar-refractivity contribution in [2.45, 2.75) is 51.1 Å². The zero-order valence-corrected chi connectivity index (χ0v) is 11.3. The molecular weight excluding hydrogens is 178 g/mol. The van der Waals surface area contributed by atoms with E-state index in [1.807, 2.05) is 0 Å². The third-order valence-electron chi connectivity index (χ3n) is 2.19. The number of hydrogen-bond donors (Lipinski definition) is 1. The van der Waals surface area contributed by atoms with Crippen LogP contribution in [0.2, 0.25) is 37.8 Å². The van der Waals surface area contributed by atoms with Gasteiger partial charge in [0.2, 0.25) is 0 Å². The van der Waals surface area contributed by atoms with Gasteiger partial charge >= 0.3 is 0 Å². The van der Waals surface area contributed by atoms with Crippen molar-refractivity contribution >= 4 is 17.0 Å². The summed E-state index contributed by atoms with van der Waals surface area (Å²) in [6.45, 7) is 9.69. The van der Waals surface area contributed by atoms with Gasteiger partial charge in [-0.25, -0.2) is 0 Å². The lowest BCUT2D eigenvalue weighted by Gasteiger charge is -2.17. The molecule has 0 spiro atoms. The Hall–Kier alpha value is 0.394. The van der Waals surface area contributed by atoms with E-state index in [4.69, 9.17) is 0 Å². The molecule has 0 fully saturated rings. The van der Waals surface area contributed by atoms with Crippen LogP contribution in [-0.2, 0) is 0 Å². The van der Waals surface area contributed by atoms with Crippen LogP contribution in [0.5, 0.6) is 0 Å². The topological polar surface area (TPSA) is 12.0 Å². The standard InChI is InChI=1S/C9H24NSi2/c1-6-11(10-2)8-7-9-12(3,4)5/h10H,6-9H2,1-5H3. The zero-order valence-electron chi connectivity index (χ0n) is 9.33. The maximum atomic E-state index is 3.46. The van der Waals surface area contributed by atoms with Gasteiger partial charge in [-0.2, -0.15) is 0 Å². The molecule has 1 nitrogen and oxygen atoms in total. The Kier molecular flexibility index (Phi) is 6.14. The average Bonchev–Trinajstić information content (AvgIpc) is 1.96. The highest BCUT2D eigenvalue weighted by Gasteiger charge is 2.13. The van der Waals surface area contributed by atoms with Crippen LogP contribution >= 0.6 is 0 Å². The first-order valence-corrected chi connectivity index (χ1v) is 10.6. The van der Waals surface area contributed by atoms with Gasteiger partial charge in [-0.1, -0.05) is 39.0 Å². The van der Waals surface area contributed by atoms with Gasteiger partial charge in [-0.15, -0.1) is 0 Å². The molecule has 0 amide bonds. The van der Waals surface area contributed by atoms with Crippen LogP contribution in [0.4, 0.5) is 0 Å². The monoisotopic (exact) mass is 202 g/mol. The van der Waals surface area contributed by atoms with Crippen LogP contribution in [0.15, 0.2) is 0 Å². The Balaban J connectivity index is 3.41. The lowest BCUT2D eigenvalue weighted by molar-refractivity contribution is 0.984. The van der Waals surface area contributed by atoms with Crippen LogP contribution in [0.1, 0.15) is 13.3 Å². The van der Waals surface area contributed by atoms with Crippen molar-refractivity contribution in [3.8, 4) is 0 Å². The Morgan fingerprint density at radius 1 is 1.25 bits per heavy atom. The molecule has 0 unspecified atom stereocenters. The average molecular weight is 202 g/mol. The molecule has 12 heavy (non-hydrogen) atoms. The molecule has 0 atom stereocenters. The van der Waals surface area contributed by atoms with Crippen molar-refractivity contribution in [1.82, 2.24) is 4.98 Å². The highest BCUT2D eigenvalue weighted by molar-refractivity contribution is 6.76. The van der Waals surface area contributed by atoms with E-state index in [0.717, 1.165) is 0 Å². The van der Waals surface area contributed by atoms with E-state index >= 15 is 0 Å². The lowest BCUT2D eigenvalue weighted by atomic mass is 10.6. The van der Waals surface area contributed by atoms with Crippen molar-refractivity contribution in [3.05, 3.63) is 0 Å². The molecule has 0 rings (SSSR count). The van der Waals surface area contributed by atoms with E-state index in [2.05, 4.69) is 38.6 Å². The highest BCUT2D eigenvalue weighted by atomic mass is 28.3. The summed E-state index contributed by atoms with van der Waals surface area (Å²) in [5, 5.41) is 0. The molecule has 0 heterocycles. The Bertz CT molecular complexity index is 106. The van der Waals surface area contributed by atoms with Crippen LogP contribution in [0.3, 0.4) is 0 Å². The fourth-order valence-corrected chi connectivity index (χ4v) is 4.46. The molecule has 1 N–H and O–H groups in total. The first kappa shape index (κ1) is 12.4. The molecule has 0 aliphatic carbocycles. The SMILES string of the molecule is CC[Si](CCC[Si](C)(C)C)NC. The van der Waals surface area contributed by atoms with E-state index in [1.165, 1.54) is 24.6 Å². The van der Waals surface area contributed by atoms with Crippen LogP contribution in [-0.4, -0.2) is 24.1 Å².